The molecule has 1 heterocycles. The second-order valence-corrected chi connectivity index (χ2v) is 7.55. The first kappa shape index (κ1) is 11.9. The van der Waals surface area contributed by atoms with Crippen molar-refractivity contribution in [2.75, 3.05) is 30.9 Å². The SMILES string of the molecule is CS(=O)(=O)CCS(=O)(=O)NC1CNC1. The van der Waals surface area contributed by atoms with Crippen LogP contribution in [0.15, 0.2) is 0 Å². The van der Waals surface area contributed by atoms with Crippen LogP contribution in [0.2, 0.25) is 0 Å². The van der Waals surface area contributed by atoms with E-state index in [4.69, 9.17) is 0 Å². The lowest BCUT2D eigenvalue weighted by Gasteiger charge is -2.27. The van der Waals surface area contributed by atoms with Crippen LogP contribution in [0.5, 0.6) is 0 Å². The Labute approximate surface area is 84.0 Å². The van der Waals surface area contributed by atoms with Gasteiger partial charge in [-0.1, -0.05) is 0 Å². The van der Waals surface area contributed by atoms with E-state index in [-0.39, 0.29) is 17.5 Å². The quantitative estimate of drug-likeness (QED) is 0.577. The highest BCUT2D eigenvalue weighted by Gasteiger charge is 2.23. The number of hydrogen-bond acceptors (Lipinski definition) is 5. The summed E-state index contributed by atoms with van der Waals surface area (Å²) in [6.07, 6.45) is 1.02. The predicted octanol–water partition coefficient (Wildman–Crippen LogP) is -2.08. The maximum Gasteiger partial charge on any atom is 0.212 e. The zero-order valence-electron chi connectivity index (χ0n) is 7.86. The molecule has 0 radical (unpaired) electrons. The molecule has 0 spiro atoms. The van der Waals surface area contributed by atoms with Crippen molar-refractivity contribution in [3.05, 3.63) is 0 Å². The molecular weight excluding hydrogens is 228 g/mol. The van der Waals surface area contributed by atoms with E-state index in [0.29, 0.717) is 13.1 Å². The zero-order valence-corrected chi connectivity index (χ0v) is 9.49. The second-order valence-electron chi connectivity index (χ2n) is 3.42. The molecule has 1 rings (SSSR count). The van der Waals surface area contributed by atoms with Crippen molar-refractivity contribution in [1.29, 1.82) is 0 Å². The van der Waals surface area contributed by atoms with Crippen molar-refractivity contribution < 1.29 is 16.8 Å². The van der Waals surface area contributed by atoms with E-state index in [0.717, 1.165) is 6.26 Å². The molecule has 0 amide bonds. The van der Waals surface area contributed by atoms with Gasteiger partial charge in [0.25, 0.3) is 0 Å². The summed E-state index contributed by atoms with van der Waals surface area (Å²) in [6, 6.07) is -0.0837. The van der Waals surface area contributed by atoms with E-state index in [1.54, 1.807) is 0 Å². The Hall–Kier alpha value is -0.180. The van der Waals surface area contributed by atoms with Crippen LogP contribution >= 0.6 is 0 Å². The normalized spacial score (nSPS) is 19.2. The monoisotopic (exact) mass is 242 g/mol. The lowest BCUT2D eigenvalue weighted by Crippen LogP contribution is -2.57. The second kappa shape index (κ2) is 4.13. The Morgan fingerprint density at radius 1 is 1.21 bits per heavy atom. The lowest BCUT2D eigenvalue weighted by atomic mass is 10.2. The maximum absolute atomic E-state index is 11.3. The topological polar surface area (TPSA) is 92.3 Å². The minimum atomic E-state index is -3.44. The number of sulfone groups is 1. The Morgan fingerprint density at radius 2 is 1.79 bits per heavy atom. The minimum Gasteiger partial charge on any atom is -0.313 e. The van der Waals surface area contributed by atoms with Gasteiger partial charge in [0, 0.05) is 25.4 Å². The van der Waals surface area contributed by atoms with Crippen LogP contribution in [0.1, 0.15) is 0 Å². The molecule has 0 bridgehead atoms. The number of hydrogen-bond donors (Lipinski definition) is 2. The first-order valence-electron chi connectivity index (χ1n) is 4.17. The number of rotatable bonds is 5. The van der Waals surface area contributed by atoms with Crippen molar-refractivity contribution in [2.24, 2.45) is 0 Å². The minimum absolute atomic E-state index is 0.0837. The molecule has 84 valence electrons. The molecule has 14 heavy (non-hydrogen) atoms. The average Bonchev–Trinajstić information content (AvgIpc) is 1.93. The van der Waals surface area contributed by atoms with Gasteiger partial charge in [0.2, 0.25) is 10.0 Å². The maximum atomic E-state index is 11.3. The fourth-order valence-corrected chi connectivity index (χ4v) is 3.83. The van der Waals surface area contributed by atoms with Crippen LogP contribution in [-0.2, 0) is 19.9 Å². The predicted molar refractivity (Wildman–Crippen MR) is 53.3 cm³/mol. The Balaban J connectivity index is 2.41. The summed E-state index contributed by atoms with van der Waals surface area (Å²) < 4.78 is 46.5. The van der Waals surface area contributed by atoms with Gasteiger partial charge in [-0.05, 0) is 0 Å². The van der Waals surface area contributed by atoms with Gasteiger partial charge in [-0.25, -0.2) is 21.6 Å². The third kappa shape index (κ3) is 4.36. The van der Waals surface area contributed by atoms with Gasteiger partial charge in [-0.15, -0.1) is 0 Å². The van der Waals surface area contributed by atoms with E-state index < -0.39 is 19.9 Å². The third-order valence-electron chi connectivity index (χ3n) is 1.85. The summed E-state index contributed by atoms with van der Waals surface area (Å²) in [5.41, 5.74) is 0. The first-order valence-corrected chi connectivity index (χ1v) is 7.88. The molecule has 0 aromatic rings. The molecule has 1 fully saturated rings. The smallest absolute Gasteiger partial charge is 0.212 e. The van der Waals surface area contributed by atoms with Crippen LogP contribution in [0.3, 0.4) is 0 Å². The molecule has 0 aliphatic carbocycles. The standard InChI is InChI=1S/C6H14N2O4S2/c1-13(9,10)2-3-14(11,12)8-6-4-7-5-6/h6-8H,2-5H2,1H3. The molecular formula is C6H14N2O4S2. The van der Waals surface area contributed by atoms with E-state index >= 15 is 0 Å². The molecule has 0 unspecified atom stereocenters. The fourth-order valence-electron chi connectivity index (χ4n) is 0.946. The van der Waals surface area contributed by atoms with Crippen molar-refractivity contribution in [3.8, 4) is 0 Å². The molecule has 6 nitrogen and oxygen atoms in total. The Bertz CT molecular complexity index is 382. The largest absolute Gasteiger partial charge is 0.313 e. The summed E-state index contributed by atoms with van der Waals surface area (Å²) in [6.45, 7) is 1.22. The van der Waals surface area contributed by atoms with Gasteiger partial charge in [-0.3, -0.25) is 0 Å². The summed E-state index contributed by atoms with van der Waals surface area (Å²) >= 11 is 0. The summed E-state index contributed by atoms with van der Waals surface area (Å²) in [4.78, 5) is 0. The van der Waals surface area contributed by atoms with E-state index in [9.17, 15) is 16.8 Å². The summed E-state index contributed by atoms with van der Waals surface area (Å²) in [7, 11) is -6.66. The highest BCUT2D eigenvalue weighted by atomic mass is 32.2. The summed E-state index contributed by atoms with van der Waals surface area (Å²) in [5, 5.41) is 2.91. The van der Waals surface area contributed by atoms with Crippen LogP contribution in [0, 0.1) is 0 Å². The fraction of sp³-hybridized carbons (Fsp3) is 1.00. The van der Waals surface area contributed by atoms with Crippen LogP contribution < -0.4 is 10.0 Å². The molecule has 2 N–H and O–H groups in total. The third-order valence-corrected chi connectivity index (χ3v) is 4.49. The molecule has 0 saturated carbocycles. The summed E-state index contributed by atoms with van der Waals surface area (Å²) in [5.74, 6) is -0.690. The van der Waals surface area contributed by atoms with Gasteiger partial charge < -0.3 is 5.32 Å². The van der Waals surface area contributed by atoms with Gasteiger partial charge in [0.05, 0.1) is 11.5 Å². The molecule has 8 heteroatoms. The van der Waals surface area contributed by atoms with Gasteiger partial charge in [0.15, 0.2) is 0 Å². The molecule has 1 aliphatic rings. The van der Waals surface area contributed by atoms with Crippen molar-refractivity contribution in [3.63, 3.8) is 0 Å². The Kier molecular flexibility index (Phi) is 3.51. The van der Waals surface area contributed by atoms with Gasteiger partial charge in [-0.2, -0.15) is 0 Å². The molecule has 1 saturated heterocycles. The van der Waals surface area contributed by atoms with Crippen LogP contribution in [0.25, 0.3) is 0 Å². The molecule has 1 aliphatic heterocycles. The van der Waals surface area contributed by atoms with Crippen molar-refractivity contribution >= 4 is 19.9 Å². The average molecular weight is 242 g/mol. The molecule has 0 atom stereocenters. The van der Waals surface area contributed by atoms with E-state index in [1.165, 1.54) is 0 Å². The first-order chi connectivity index (χ1) is 6.29. The molecule has 0 aromatic heterocycles. The number of nitrogens with one attached hydrogen (secondary N) is 2. The van der Waals surface area contributed by atoms with E-state index in [1.807, 2.05) is 0 Å². The lowest BCUT2D eigenvalue weighted by molar-refractivity contribution is 0.410. The highest BCUT2D eigenvalue weighted by molar-refractivity contribution is 7.93. The number of sulfonamides is 1. The van der Waals surface area contributed by atoms with Gasteiger partial charge in [0.1, 0.15) is 9.84 Å². The van der Waals surface area contributed by atoms with E-state index in [2.05, 4.69) is 10.0 Å². The van der Waals surface area contributed by atoms with Crippen molar-refractivity contribution in [1.82, 2.24) is 10.0 Å². The molecule has 0 aromatic carbocycles. The zero-order chi connectivity index (χ0) is 10.8. The van der Waals surface area contributed by atoms with Crippen LogP contribution in [0.4, 0.5) is 0 Å². The van der Waals surface area contributed by atoms with Crippen LogP contribution in [-0.4, -0.2) is 53.7 Å². The van der Waals surface area contributed by atoms with Gasteiger partial charge >= 0.3 is 0 Å². The highest BCUT2D eigenvalue weighted by Crippen LogP contribution is 1.96. The Morgan fingerprint density at radius 3 is 2.14 bits per heavy atom. The van der Waals surface area contributed by atoms with Crippen molar-refractivity contribution in [2.45, 2.75) is 6.04 Å².